The second-order valence-electron chi connectivity index (χ2n) is 4.56. The molecule has 0 radical (unpaired) electrons. The smallest absolute Gasteiger partial charge is 0.323 e. The first-order valence-corrected chi connectivity index (χ1v) is 8.07. The molecule has 0 heterocycles. The Balaban J connectivity index is 3.27. The molecule has 2 unspecified atom stereocenters. The molecule has 0 rings (SSSR count). The number of carboxylic acids is 1. The van der Waals surface area contributed by atoms with Gasteiger partial charge >= 0.3 is 5.97 Å². The summed E-state index contributed by atoms with van der Waals surface area (Å²) < 4.78 is 0. The van der Waals surface area contributed by atoms with Crippen molar-refractivity contribution in [1.82, 2.24) is 0 Å². The molecule has 2 atom stereocenters. The monoisotopic (exact) mass is 316 g/mol. The molecular weight excluding hydrogens is 294 g/mol. The van der Waals surface area contributed by atoms with Crippen molar-refractivity contribution in [1.29, 1.82) is 0 Å². The summed E-state index contributed by atoms with van der Waals surface area (Å²) in [6, 6.07) is 0. The average Bonchev–Trinajstić information content (AvgIpc) is 2.35. The van der Waals surface area contributed by atoms with E-state index in [1.165, 1.54) is 32.1 Å². The Morgan fingerprint density at radius 1 is 0.889 bits per heavy atom. The van der Waals surface area contributed by atoms with Gasteiger partial charge in [-0.15, -0.1) is 34.8 Å². The van der Waals surface area contributed by atoms with Crippen LogP contribution in [-0.2, 0) is 4.79 Å². The normalized spacial score (nSPS) is 14.4. The molecule has 0 aliphatic rings. The van der Waals surface area contributed by atoms with E-state index in [-0.39, 0.29) is 0 Å². The maximum Gasteiger partial charge on any atom is 0.323 e. The Bertz CT molecular complexity index is 212. The number of carbonyl (C=O) groups is 1. The zero-order valence-corrected chi connectivity index (χ0v) is 13.0. The molecule has 18 heavy (non-hydrogen) atoms. The Labute approximate surface area is 125 Å². The molecule has 0 aliphatic carbocycles. The minimum atomic E-state index is -1.03. The van der Waals surface area contributed by atoms with Crippen molar-refractivity contribution < 1.29 is 9.90 Å². The summed E-state index contributed by atoms with van der Waals surface area (Å²) >= 11 is 17.1. The number of hydrogen-bond acceptors (Lipinski definition) is 1. The molecule has 0 amide bonds. The van der Waals surface area contributed by atoms with Gasteiger partial charge < -0.3 is 5.11 Å². The molecule has 0 bridgehead atoms. The summed E-state index contributed by atoms with van der Waals surface area (Å²) in [5.41, 5.74) is 0. The van der Waals surface area contributed by atoms with Gasteiger partial charge in [-0.2, -0.15) is 0 Å². The lowest BCUT2D eigenvalue weighted by Gasteiger charge is -2.11. The fourth-order valence-electron chi connectivity index (χ4n) is 1.80. The number of rotatable bonds is 12. The Morgan fingerprint density at radius 2 is 1.33 bits per heavy atom. The minimum absolute atomic E-state index is 0.465. The molecule has 0 spiro atoms. The number of hydrogen-bond donors (Lipinski definition) is 1. The van der Waals surface area contributed by atoms with Crippen molar-refractivity contribution in [3.8, 4) is 0 Å². The third-order valence-electron chi connectivity index (χ3n) is 2.92. The van der Waals surface area contributed by atoms with E-state index < -0.39 is 16.7 Å². The van der Waals surface area contributed by atoms with E-state index in [0.717, 1.165) is 25.1 Å². The lowest BCUT2D eigenvalue weighted by Crippen LogP contribution is -2.24. The van der Waals surface area contributed by atoms with E-state index in [2.05, 4.69) is 0 Å². The summed E-state index contributed by atoms with van der Waals surface area (Å²) in [7, 11) is 0. The Kier molecular flexibility index (Phi) is 12.6. The Hall–Kier alpha value is 0.340. The van der Waals surface area contributed by atoms with Gasteiger partial charge in [0, 0.05) is 5.88 Å². The average molecular weight is 318 g/mol. The van der Waals surface area contributed by atoms with Crippen LogP contribution < -0.4 is 0 Å². The zero-order chi connectivity index (χ0) is 13.8. The number of unbranched alkanes of at least 4 members (excludes halogenated alkanes) is 7. The fraction of sp³-hybridized carbons (Fsp3) is 0.923. The molecule has 0 saturated heterocycles. The molecule has 0 aromatic carbocycles. The number of halogens is 3. The first kappa shape index (κ1) is 18.3. The van der Waals surface area contributed by atoms with Gasteiger partial charge in [0.1, 0.15) is 5.38 Å². The molecular formula is C13H23Cl3O2. The van der Waals surface area contributed by atoms with Crippen LogP contribution in [0.15, 0.2) is 0 Å². The van der Waals surface area contributed by atoms with E-state index >= 15 is 0 Å². The SMILES string of the molecule is O=C(O)C(Cl)C(Cl)CCCCCCCCCCCl. The molecule has 0 aromatic heterocycles. The summed E-state index contributed by atoms with van der Waals surface area (Å²) in [5.74, 6) is -0.267. The first-order chi connectivity index (χ1) is 8.59. The van der Waals surface area contributed by atoms with Gasteiger partial charge in [0.25, 0.3) is 0 Å². The van der Waals surface area contributed by atoms with Crippen molar-refractivity contribution in [2.45, 2.75) is 68.5 Å². The van der Waals surface area contributed by atoms with E-state index in [4.69, 9.17) is 39.9 Å². The Morgan fingerprint density at radius 3 is 1.78 bits per heavy atom. The molecule has 0 fully saturated rings. The van der Waals surface area contributed by atoms with Crippen LogP contribution in [0.1, 0.15) is 57.8 Å². The molecule has 2 nitrogen and oxygen atoms in total. The van der Waals surface area contributed by atoms with Gasteiger partial charge in [0.2, 0.25) is 0 Å². The highest BCUT2D eigenvalue weighted by atomic mass is 35.5. The van der Waals surface area contributed by atoms with E-state index in [9.17, 15) is 4.79 Å². The zero-order valence-electron chi connectivity index (χ0n) is 10.7. The number of alkyl halides is 3. The fourth-order valence-corrected chi connectivity index (χ4v) is 2.37. The van der Waals surface area contributed by atoms with Crippen molar-refractivity contribution in [2.75, 3.05) is 5.88 Å². The molecule has 1 N–H and O–H groups in total. The van der Waals surface area contributed by atoms with Crippen LogP contribution in [0.5, 0.6) is 0 Å². The van der Waals surface area contributed by atoms with Gasteiger partial charge in [-0.3, -0.25) is 4.79 Å². The van der Waals surface area contributed by atoms with E-state index in [0.29, 0.717) is 6.42 Å². The predicted octanol–water partition coefficient (Wildman–Crippen LogP) is 5.04. The van der Waals surface area contributed by atoms with Gasteiger partial charge in [-0.25, -0.2) is 0 Å². The largest absolute Gasteiger partial charge is 0.480 e. The first-order valence-electron chi connectivity index (χ1n) is 6.66. The molecule has 0 aliphatic heterocycles. The maximum atomic E-state index is 10.6. The van der Waals surface area contributed by atoms with E-state index in [1.807, 2.05) is 0 Å². The third kappa shape index (κ3) is 10.3. The van der Waals surface area contributed by atoms with E-state index in [1.54, 1.807) is 0 Å². The summed E-state index contributed by atoms with van der Waals surface area (Å²) in [4.78, 5) is 10.6. The molecule has 5 heteroatoms. The number of aliphatic carboxylic acids is 1. The third-order valence-corrected chi connectivity index (χ3v) is 4.27. The predicted molar refractivity (Wildman–Crippen MR) is 79.2 cm³/mol. The number of carboxylic acid groups (broad SMARTS) is 1. The molecule has 0 saturated carbocycles. The van der Waals surface area contributed by atoms with Crippen LogP contribution in [0.25, 0.3) is 0 Å². The van der Waals surface area contributed by atoms with Gasteiger partial charge in [0.05, 0.1) is 5.38 Å². The molecule has 108 valence electrons. The van der Waals surface area contributed by atoms with Gasteiger partial charge in [-0.05, 0) is 12.8 Å². The van der Waals surface area contributed by atoms with Crippen LogP contribution in [0.3, 0.4) is 0 Å². The minimum Gasteiger partial charge on any atom is -0.480 e. The standard InChI is InChI=1S/C13H23Cl3O2/c14-10-8-6-4-2-1-3-5-7-9-11(15)12(16)13(17)18/h11-12H,1-10H2,(H,17,18). The second-order valence-corrected chi connectivity index (χ2v) is 5.97. The lowest BCUT2D eigenvalue weighted by molar-refractivity contribution is -0.136. The second kappa shape index (κ2) is 12.4. The lowest BCUT2D eigenvalue weighted by atomic mass is 10.1. The summed E-state index contributed by atoms with van der Waals surface area (Å²) in [5, 5.41) is 7.24. The van der Waals surface area contributed by atoms with Gasteiger partial charge in [0.15, 0.2) is 0 Å². The molecule has 0 aromatic rings. The summed E-state index contributed by atoms with van der Waals surface area (Å²) in [6.07, 6.45) is 10.00. The van der Waals surface area contributed by atoms with Crippen LogP contribution in [0, 0.1) is 0 Å². The van der Waals surface area contributed by atoms with Gasteiger partial charge in [-0.1, -0.05) is 44.9 Å². The van der Waals surface area contributed by atoms with Crippen molar-refractivity contribution >= 4 is 40.8 Å². The van der Waals surface area contributed by atoms with Crippen molar-refractivity contribution in [3.05, 3.63) is 0 Å². The topological polar surface area (TPSA) is 37.3 Å². The van der Waals surface area contributed by atoms with Crippen LogP contribution in [0.2, 0.25) is 0 Å². The van der Waals surface area contributed by atoms with Crippen molar-refractivity contribution in [3.63, 3.8) is 0 Å². The van der Waals surface area contributed by atoms with Crippen LogP contribution in [-0.4, -0.2) is 27.7 Å². The maximum absolute atomic E-state index is 10.6. The van der Waals surface area contributed by atoms with Crippen LogP contribution in [0.4, 0.5) is 0 Å². The highest BCUT2D eigenvalue weighted by Gasteiger charge is 2.22. The highest BCUT2D eigenvalue weighted by molar-refractivity contribution is 6.36. The summed E-state index contributed by atoms with van der Waals surface area (Å²) in [6.45, 7) is 0. The highest BCUT2D eigenvalue weighted by Crippen LogP contribution is 2.18. The van der Waals surface area contributed by atoms with Crippen LogP contribution >= 0.6 is 34.8 Å². The quantitative estimate of drug-likeness (QED) is 0.404. The van der Waals surface area contributed by atoms with Crippen molar-refractivity contribution in [2.24, 2.45) is 0 Å².